The van der Waals surface area contributed by atoms with Crippen molar-refractivity contribution in [3.8, 4) is 0 Å². The summed E-state index contributed by atoms with van der Waals surface area (Å²) in [7, 11) is 1.39. The standard InChI is InChI=1S/C22H34O3/c1-6-14(2)21-16(4)13-18-19(23)12-11-15(3)22(18)17(21)9-7-8-10-20(24)25-5/h6-10,15-19,21-23H,11-13H2,1-5H3/b9-7+,10-8+,14-6-/t15-,16-,17+,18-,19-,21+,22-/m0/s1. The van der Waals surface area contributed by atoms with Crippen LogP contribution in [0, 0.1) is 35.5 Å². The molecule has 2 fully saturated rings. The van der Waals surface area contributed by atoms with E-state index in [1.807, 2.05) is 6.08 Å². The number of aliphatic hydroxyl groups is 1. The average molecular weight is 347 g/mol. The molecule has 2 saturated carbocycles. The molecule has 0 aliphatic heterocycles. The summed E-state index contributed by atoms with van der Waals surface area (Å²) >= 11 is 0. The quantitative estimate of drug-likeness (QED) is 0.352. The van der Waals surface area contributed by atoms with Crippen molar-refractivity contribution < 1.29 is 14.6 Å². The van der Waals surface area contributed by atoms with Gasteiger partial charge in [0.1, 0.15) is 0 Å². The van der Waals surface area contributed by atoms with Crippen molar-refractivity contribution in [2.45, 2.75) is 53.1 Å². The molecule has 1 N–H and O–H groups in total. The number of carbonyl (C=O) groups is 1. The van der Waals surface area contributed by atoms with Gasteiger partial charge in [0.25, 0.3) is 0 Å². The van der Waals surface area contributed by atoms with Crippen LogP contribution in [-0.2, 0) is 9.53 Å². The molecule has 140 valence electrons. The first-order valence-corrected chi connectivity index (χ1v) is 9.64. The van der Waals surface area contributed by atoms with Gasteiger partial charge < -0.3 is 9.84 Å². The summed E-state index contributed by atoms with van der Waals surface area (Å²) in [6, 6.07) is 0. The maximum Gasteiger partial charge on any atom is 0.330 e. The first-order valence-electron chi connectivity index (χ1n) is 9.64. The molecule has 3 heteroatoms. The molecule has 2 aliphatic rings. The lowest BCUT2D eigenvalue weighted by atomic mass is 9.53. The first-order chi connectivity index (χ1) is 11.9. The summed E-state index contributed by atoms with van der Waals surface area (Å²) in [4.78, 5) is 11.3. The lowest BCUT2D eigenvalue weighted by Gasteiger charge is -2.52. The van der Waals surface area contributed by atoms with Gasteiger partial charge in [0.05, 0.1) is 13.2 Å². The van der Waals surface area contributed by atoms with Gasteiger partial charge in [0.2, 0.25) is 0 Å². The van der Waals surface area contributed by atoms with E-state index in [0.29, 0.717) is 35.5 Å². The molecule has 3 nitrogen and oxygen atoms in total. The Hall–Kier alpha value is -1.35. The predicted molar refractivity (Wildman–Crippen MR) is 102 cm³/mol. The molecule has 0 bridgehead atoms. The SMILES string of the molecule is C/C=C(/C)[C@H]1[C@@H](/C=C/C=C/C(=O)OC)[C@H]2[C@@H](C[C@@H]1C)[C@@H](O)CC[C@@H]2C. The number of ether oxygens (including phenoxy) is 1. The highest BCUT2D eigenvalue weighted by atomic mass is 16.5. The number of rotatable bonds is 4. The van der Waals surface area contributed by atoms with Crippen molar-refractivity contribution in [1.29, 1.82) is 0 Å². The fraction of sp³-hybridized carbons (Fsp3) is 0.682. The van der Waals surface area contributed by atoms with Gasteiger partial charge in [-0.05, 0) is 68.6 Å². The van der Waals surface area contributed by atoms with E-state index in [0.717, 1.165) is 19.3 Å². The van der Waals surface area contributed by atoms with E-state index in [-0.39, 0.29) is 12.1 Å². The second-order valence-electron chi connectivity index (χ2n) is 7.98. The van der Waals surface area contributed by atoms with Gasteiger partial charge in [-0.1, -0.05) is 43.7 Å². The van der Waals surface area contributed by atoms with E-state index in [9.17, 15) is 9.90 Å². The minimum Gasteiger partial charge on any atom is -0.466 e. The van der Waals surface area contributed by atoms with Gasteiger partial charge in [-0.3, -0.25) is 0 Å². The fourth-order valence-electron chi connectivity index (χ4n) is 5.28. The van der Waals surface area contributed by atoms with Crippen LogP contribution in [0.15, 0.2) is 36.0 Å². The van der Waals surface area contributed by atoms with E-state index in [1.54, 1.807) is 6.08 Å². The van der Waals surface area contributed by atoms with Crippen molar-refractivity contribution in [2.75, 3.05) is 7.11 Å². The Kier molecular flexibility index (Phi) is 7.06. The zero-order valence-corrected chi connectivity index (χ0v) is 16.3. The second-order valence-corrected chi connectivity index (χ2v) is 7.98. The molecule has 7 atom stereocenters. The van der Waals surface area contributed by atoms with Crippen LogP contribution in [0.3, 0.4) is 0 Å². The number of esters is 1. The van der Waals surface area contributed by atoms with Crippen molar-refractivity contribution in [3.05, 3.63) is 36.0 Å². The summed E-state index contributed by atoms with van der Waals surface area (Å²) in [6.07, 6.45) is 12.7. The Balaban J connectivity index is 2.32. The number of allylic oxidation sites excluding steroid dienone is 5. The summed E-state index contributed by atoms with van der Waals surface area (Å²) in [6.45, 7) is 9.01. The Morgan fingerprint density at radius 2 is 1.88 bits per heavy atom. The number of hydrogen-bond donors (Lipinski definition) is 1. The van der Waals surface area contributed by atoms with Crippen LogP contribution in [0.5, 0.6) is 0 Å². The third-order valence-electron chi connectivity index (χ3n) is 6.54. The lowest BCUT2D eigenvalue weighted by Crippen LogP contribution is -2.48. The topological polar surface area (TPSA) is 46.5 Å². The maximum absolute atomic E-state index is 11.3. The van der Waals surface area contributed by atoms with Gasteiger partial charge >= 0.3 is 5.97 Å². The van der Waals surface area contributed by atoms with Crippen LogP contribution in [0.4, 0.5) is 0 Å². The smallest absolute Gasteiger partial charge is 0.330 e. The van der Waals surface area contributed by atoms with Crippen LogP contribution in [0.25, 0.3) is 0 Å². The molecule has 0 aromatic heterocycles. The number of fused-ring (bicyclic) bond motifs is 1. The van der Waals surface area contributed by atoms with Crippen molar-refractivity contribution >= 4 is 5.97 Å². The largest absolute Gasteiger partial charge is 0.466 e. The molecular weight excluding hydrogens is 312 g/mol. The van der Waals surface area contributed by atoms with Crippen LogP contribution < -0.4 is 0 Å². The minimum absolute atomic E-state index is 0.169. The van der Waals surface area contributed by atoms with Gasteiger partial charge in [-0.2, -0.15) is 0 Å². The summed E-state index contributed by atoms with van der Waals surface area (Å²) in [5, 5.41) is 10.6. The van der Waals surface area contributed by atoms with Gasteiger partial charge in [0.15, 0.2) is 0 Å². The van der Waals surface area contributed by atoms with Crippen LogP contribution in [0.1, 0.15) is 47.0 Å². The number of aliphatic hydroxyl groups excluding tert-OH is 1. The monoisotopic (exact) mass is 346 g/mol. The molecule has 0 unspecified atom stereocenters. The summed E-state index contributed by atoms with van der Waals surface area (Å²) < 4.78 is 4.65. The summed E-state index contributed by atoms with van der Waals surface area (Å²) in [5.74, 6) is 2.63. The normalized spacial score (nSPS) is 39.6. The Bertz CT molecular complexity index is 545. The van der Waals surface area contributed by atoms with Crippen LogP contribution in [0.2, 0.25) is 0 Å². The molecule has 2 aliphatic carbocycles. The third-order valence-corrected chi connectivity index (χ3v) is 6.54. The van der Waals surface area contributed by atoms with Crippen LogP contribution in [-0.4, -0.2) is 24.3 Å². The Labute approximate surface area is 152 Å². The van der Waals surface area contributed by atoms with Crippen molar-refractivity contribution in [1.82, 2.24) is 0 Å². The zero-order chi connectivity index (χ0) is 18.6. The number of methoxy groups -OCH3 is 1. The Morgan fingerprint density at radius 1 is 1.16 bits per heavy atom. The molecule has 2 rings (SSSR count). The van der Waals surface area contributed by atoms with E-state index in [1.165, 1.54) is 18.8 Å². The average Bonchev–Trinajstić information content (AvgIpc) is 2.60. The maximum atomic E-state index is 11.3. The molecule has 25 heavy (non-hydrogen) atoms. The van der Waals surface area contributed by atoms with E-state index in [2.05, 4.69) is 44.6 Å². The number of hydrogen-bond acceptors (Lipinski definition) is 3. The zero-order valence-electron chi connectivity index (χ0n) is 16.3. The van der Waals surface area contributed by atoms with E-state index < -0.39 is 0 Å². The molecule has 0 amide bonds. The molecule has 0 aromatic rings. The first kappa shape index (κ1) is 20.0. The van der Waals surface area contributed by atoms with Gasteiger partial charge in [-0.15, -0.1) is 0 Å². The lowest BCUT2D eigenvalue weighted by molar-refractivity contribution is -0.134. The highest BCUT2D eigenvalue weighted by molar-refractivity contribution is 5.82. The van der Waals surface area contributed by atoms with Gasteiger partial charge in [0, 0.05) is 6.08 Å². The highest BCUT2D eigenvalue weighted by Crippen LogP contribution is 2.53. The minimum atomic E-state index is -0.331. The molecule has 0 spiro atoms. The van der Waals surface area contributed by atoms with Crippen LogP contribution >= 0.6 is 0 Å². The van der Waals surface area contributed by atoms with Crippen molar-refractivity contribution in [2.24, 2.45) is 35.5 Å². The molecule has 0 saturated heterocycles. The van der Waals surface area contributed by atoms with Crippen molar-refractivity contribution in [3.63, 3.8) is 0 Å². The summed E-state index contributed by atoms with van der Waals surface area (Å²) in [5.41, 5.74) is 1.44. The van der Waals surface area contributed by atoms with E-state index >= 15 is 0 Å². The second kappa shape index (κ2) is 8.84. The Morgan fingerprint density at radius 3 is 2.52 bits per heavy atom. The predicted octanol–water partition coefficient (Wildman–Crippen LogP) is 4.53. The molecule has 0 heterocycles. The molecular formula is C22H34O3. The molecule has 0 aromatic carbocycles. The number of carbonyl (C=O) groups excluding carboxylic acids is 1. The van der Waals surface area contributed by atoms with Gasteiger partial charge in [-0.25, -0.2) is 4.79 Å². The highest BCUT2D eigenvalue weighted by Gasteiger charge is 2.48. The molecule has 0 radical (unpaired) electrons. The fourth-order valence-corrected chi connectivity index (χ4v) is 5.28. The third kappa shape index (κ3) is 4.44. The van der Waals surface area contributed by atoms with E-state index in [4.69, 9.17) is 0 Å².